The van der Waals surface area contributed by atoms with E-state index < -0.39 is 0 Å². The molecule has 0 atom stereocenters. The summed E-state index contributed by atoms with van der Waals surface area (Å²) in [6, 6.07) is 1.86. The van der Waals surface area contributed by atoms with Crippen molar-refractivity contribution in [1.82, 2.24) is 9.47 Å². The van der Waals surface area contributed by atoms with E-state index in [2.05, 4.69) is 29.8 Å². The van der Waals surface area contributed by atoms with E-state index in [1.54, 1.807) is 4.90 Å². The normalized spacial score (nSPS) is 10.7. The summed E-state index contributed by atoms with van der Waals surface area (Å²) in [6.45, 7) is 6.11. The van der Waals surface area contributed by atoms with Crippen LogP contribution in [0, 0.1) is 0 Å². The molecule has 0 unspecified atom stereocenters. The van der Waals surface area contributed by atoms with E-state index in [1.807, 2.05) is 16.8 Å². The fraction of sp³-hybridized carbons (Fsp3) is 0.643. The number of aliphatic hydroxyl groups is 1. The van der Waals surface area contributed by atoms with Crippen molar-refractivity contribution in [2.24, 2.45) is 0 Å². The highest BCUT2D eigenvalue weighted by Gasteiger charge is 2.19. The van der Waals surface area contributed by atoms with Gasteiger partial charge in [0.1, 0.15) is 5.69 Å². The number of hydrogen-bond acceptors (Lipinski definition) is 2. The Bertz CT molecular complexity index is 404. The number of aryl methyl sites for hydroxylation is 1. The maximum atomic E-state index is 12.5. The minimum absolute atomic E-state index is 0.00153. The van der Waals surface area contributed by atoms with Gasteiger partial charge in [-0.05, 0) is 34.8 Å². The second-order valence-electron chi connectivity index (χ2n) is 4.61. The highest BCUT2D eigenvalue weighted by Crippen LogP contribution is 2.17. The van der Waals surface area contributed by atoms with Gasteiger partial charge in [0.25, 0.3) is 5.91 Å². The molecule has 1 amide bonds. The Balaban J connectivity index is 2.88. The van der Waals surface area contributed by atoms with Crippen LogP contribution >= 0.6 is 15.9 Å². The standard InChI is InChI=1S/C14H23BrN2O2/c1-3-5-7-16(8-9-18)14(19)13-10-12(15)11-17(13)6-4-2/h10-11,18H,3-9H2,1-2H3. The molecule has 4 nitrogen and oxygen atoms in total. The zero-order chi connectivity index (χ0) is 14.3. The van der Waals surface area contributed by atoms with Gasteiger partial charge in [-0.25, -0.2) is 0 Å². The van der Waals surface area contributed by atoms with Gasteiger partial charge in [-0.3, -0.25) is 4.79 Å². The quantitative estimate of drug-likeness (QED) is 0.796. The monoisotopic (exact) mass is 330 g/mol. The largest absolute Gasteiger partial charge is 0.395 e. The van der Waals surface area contributed by atoms with Crippen molar-refractivity contribution < 1.29 is 9.90 Å². The molecule has 0 saturated carbocycles. The van der Waals surface area contributed by atoms with Crippen LogP contribution in [-0.4, -0.2) is 40.2 Å². The van der Waals surface area contributed by atoms with Crippen LogP contribution in [0.15, 0.2) is 16.7 Å². The number of unbranched alkanes of at least 4 members (excludes halogenated alkanes) is 1. The lowest BCUT2D eigenvalue weighted by atomic mass is 10.2. The number of rotatable bonds is 8. The number of halogens is 1. The minimum Gasteiger partial charge on any atom is -0.395 e. The molecular weight excluding hydrogens is 308 g/mol. The molecule has 0 aliphatic carbocycles. The van der Waals surface area contributed by atoms with E-state index in [4.69, 9.17) is 5.11 Å². The predicted molar refractivity (Wildman–Crippen MR) is 80.3 cm³/mol. The first-order chi connectivity index (χ1) is 9.13. The molecule has 0 radical (unpaired) electrons. The third-order valence-corrected chi connectivity index (χ3v) is 3.42. The van der Waals surface area contributed by atoms with Crippen molar-refractivity contribution in [1.29, 1.82) is 0 Å². The summed E-state index contributed by atoms with van der Waals surface area (Å²) in [7, 11) is 0. The topological polar surface area (TPSA) is 45.5 Å². The van der Waals surface area contributed by atoms with Gasteiger partial charge >= 0.3 is 0 Å². The molecule has 1 heterocycles. The number of amides is 1. The average Bonchev–Trinajstić information content (AvgIpc) is 2.75. The second-order valence-corrected chi connectivity index (χ2v) is 5.52. The van der Waals surface area contributed by atoms with Gasteiger partial charge < -0.3 is 14.6 Å². The smallest absolute Gasteiger partial charge is 0.270 e. The Morgan fingerprint density at radius 3 is 2.68 bits per heavy atom. The molecule has 1 N–H and O–H groups in total. The van der Waals surface area contributed by atoms with Gasteiger partial charge in [-0.1, -0.05) is 20.3 Å². The van der Waals surface area contributed by atoms with E-state index in [-0.39, 0.29) is 12.5 Å². The fourth-order valence-corrected chi connectivity index (χ4v) is 2.49. The number of aromatic nitrogens is 1. The van der Waals surface area contributed by atoms with Crippen molar-refractivity contribution in [2.45, 2.75) is 39.7 Å². The third kappa shape index (κ3) is 4.66. The van der Waals surface area contributed by atoms with E-state index in [9.17, 15) is 4.79 Å². The third-order valence-electron chi connectivity index (χ3n) is 2.99. The number of carbonyl (C=O) groups is 1. The van der Waals surface area contributed by atoms with Crippen LogP contribution in [0.5, 0.6) is 0 Å². The lowest BCUT2D eigenvalue weighted by molar-refractivity contribution is 0.0708. The SMILES string of the molecule is CCCCN(CCO)C(=O)c1cc(Br)cn1CCC. The highest BCUT2D eigenvalue weighted by atomic mass is 79.9. The molecule has 1 rings (SSSR count). The first-order valence-electron chi connectivity index (χ1n) is 6.89. The zero-order valence-corrected chi connectivity index (χ0v) is 13.3. The summed E-state index contributed by atoms with van der Waals surface area (Å²) < 4.78 is 2.90. The summed E-state index contributed by atoms with van der Waals surface area (Å²) in [5.74, 6) is 0.00153. The lowest BCUT2D eigenvalue weighted by Crippen LogP contribution is -2.35. The maximum Gasteiger partial charge on any atom is 0.270 e. The summed E-state index contributed by atoms with van der Waals surface area (Å²) in [4.78, 5) is 14.3. The second kappa shape index (κ2) is 8.38. The number of carbonyl (C=O) groups excluding carboxylic acids is 1. The molecule has 1 aromatic heterocycles. The molecule has 0 bridgehead atoms. The van der Waals surface area contributed by atoms with Crippen LogP contribution in [0.2, 0.25) is 0 Å². The van der Waals surface area contributed by atoms with Gasteiger partial charge in [-0.2, -0.15) is 0 Å². The van der Waals surface area contributed by atoms with Crippen LogP contribution < -0.4 is 0 Å². The van der Waals surface area contributed by atoms with E-state index >= 15 is 0 Å². The van der Waals surface area contributed by atoms with E-state index in [0.29, 0.717) is 18.8 Å². The Morgan fingerprint density at radius 1 is 1.37 bits per heavy atom. The van der Waals surface area contributed by atoms with Crippen LogP contribution in [0.25, 0.3) is 0 Å². The number of hydrogen-bond donors (Lipinski definition) is 1. The fourth-order valence-electron chi connectivity index (χ4n) is 2.03. The van der Waals surface area contributed by atoms with Crippen molar-refractivity contribution in [3.63, 3.8) is 0 Å². The zero-order valence-electron chi connectivity index (χ0n) is 11.7. The molecule has 108 valence electrons. The molecule has 0 fully saturated rings. The molecule has 1 aromatic rings. The predicted octanol–water partition coefficient (Wildman–Crippen LogP) is 2.90. The number of aliphatic hydroxyl groups excluding tert-OH is 1. The highest BCUT2D eigenvalue weighted by molar-refractivity contribution is 9.10. The van der Waals surface area contributed by atoms with Crippen molar-refractivity contribution in [3.05, 3.63) is 22.4 Å². The minimum atomic E-state index is 0.00153. The average molecular weight is 331 g/mol. The summed E-state index contributed by atoms with van der Waals surface area (Å²) >= 11 is 3.42. The molecule has 19 heavy (non-hydrogen) atoms. The molecule has 5 heteroatoms. The Labute approximate surface area is 123 Å². The van der Waals surface area contributed by atoms with E-state index in [1.165, 1.54) is 0 Å². The molecule has 0 spiro atoms. The Kier molecular flexibility index (Phi) is 7.16. The summed E-state index contributed by atoms with van der Waals surface area (Å²) in [5, 5.41) is 9.10. The molecule has 0 aromatic carbocycles. The Hall–Kier alpha value is -0.810. The van der Waals surface area contributed by atoms with Gasteiger partial charge in [0.15, 0.2) is 0 Å². The van der Waals surface area contributed by atoms with Crippen LogP contribution in [-0.2, 0) is 6.54 Å². The van der Waals surface area contributed by atoms with Gasteiger partial charge in [0.05, 0.1) is 6.61 Å². The van der Waals surface area contributed by atoms with Gasteiger partial charge in [0, 0.05) is 30.3 Å². The van der Waals surface area contributed by atoms with Crippen LogP contribution in [0.4, 0.5) is 0 Å². The van der Waals surface area contributed by atoms with Crippen molar-refractivity contribution in [3.8, 4) is 0 Å². The van der Waals surface area contributed by atoms with E-state index in [0.717, 1.165) is 30.3 Å². The molecule has 0 aliphatic heterocycles. The first-order valence-corrected chi connectivity index (χ1v) is 7.69. The molecule has 0 saturated heterocycles. The summed E-state index contributed by atoms with van der Waals surface area (Å²) in [5.41, 5.74) is 0.693. The lowest BCUT2D eigenvalue weighted by Gasteiger charge is -2.22. The van der Waals surface area contributed by atoms with Crippen molar-refractivity contribution >= 4 is 21.8 Å². The Morgan fingerprint density at radius 2 is 2.11 bits per heavy atom. The number of nitrogens with zero attached hydrogens (tertiary/aromatic N) is 2. The summed E-state index contributed by atoms with van der Waals surface area (Å²) in [6.07, 6.45) is 4.92. The van der Waals surface area contributed by atoms with Gasteiger partial charge in [-0.15, -0.1) is 0 Å². The van der Waals surface area contributed by atoms with Crippen molar-refractivity contribution in [2.75, 3.05) is 19.7 Å². The van der Waals surface area contributed by atoms with Crippen LogP contribution in [0.3, 0.4) is 0 Å². The molecule has 0 aliphatic rings. The maximum absolute atomic E-state index is 12.5. The first kappa shape index (κ1) is 16.2. The van der Waals surface area contributed by atoms with Gasteiger partial charge in [0.2, 0.25) is 0 Å². The van der Waals surface area contributed by atoms with Crippen LogP contribution in [0.1, 0.15) is 43.6 Å². The molecular formula is C14H23BrN2O2.